The van der Waals surface area contributed by atoms with Crippen LogP contribution in [0.15, 0.2) is 0 Å². The number of ketones is 1. The van der Waals surface area contributed by atoms with Crippen molar-refractivity contribution in [3.63, 3.8) is 0 Å². The van der Waals surface area contributed by atoms with Crippen molar-refractivity contribution in [1.82, 2.24) is 0 Å². The first-order valence-corrected chi connectivity index (χ1v) is 3.36. The van der Waals surface area contributed by atoms with Gasteiger partial charge >= 0.3 is 0 Å². The molecule has 0 aromatic carbocycles. The standard InChI is InChI=1S/C7H15NO/c1-4-7(8,5-2)6(3)9/h4-5,8H2,1-3H3. The lowest BCUT2D eigenvalue weighted by atomic mass is 9.90. The van der Waals surface area contributed by atoms with Crippen molar-refractivity contribution in [2.24, 2.45) is 5.73 Å². The Kier molecular flexibility index (Phi) is 2.85. The first kappa shape index (κ1) is 8.63. The van der Waals surface area contributed by atoms with Crippen molar-refractivity contribution in [3.05, 3.63) is 0 Å². The minimum Gasteiger partial charge on any atom is -0.319 e. The first-order valence-electron chi connectivity index (χ1n) is 3.36. The van der Waals surface area contributed by atoms with Crippen LogP contribution in [0, 0.1) is 0 Å². The minimum absolute atomic E-state index is 0.0903. The third kappa shape index (κ3) is 1.79. The Morgan fingerprint density at radius 3 is 1.78 bits per heavy atom. The summed E-state index contributed by atoms with van der Waals surface area (Å²) in [5, 5.41) is 0. The van der Waals surface area contributed by atoms with Gasteiger partial charge < -0.3 is 5.73 Å². The minimum atomic E-state index is -0.556. The smallest absolute Gasteiger partial charge is 0.149 e. The van der Waals surface area contributed by atoms with Crippen LogP contribution in [-0.2, 0) is 4.79 Å². The summed E-state index contributed by atoms with van der Waals surface area (Å²) < 4.78 is 0. The molecule has 0 aliphatic rings. The molecule has 54 valence electrons. The molecule has 0 radical (unpaired) electrons. The van der Waals surface area contributed by atoms with Gasteiger partial charge in [-0.25, -0.2) is 0 Å². The molecule has 0 unspecified atom stereocenters. The van der Waals surface area contributed by atoms with E-state index in [4.69, 9.17) is 5.73 Å². The third-order valence-electron chi connectivity index (χ3n) is 1.96. The maximum atomic E-state index is 10.8. The normalized spacial score (nSPS) is 11.6. The monoisotopic (exact) mass is 129 g/mol. The Labute approximate surface area is 56.4 Å². The Morgan fingerprint density at radius 2 is 1.78 bits per heavy atom. The fraction of sp³-hybridized carbons (Fsp3) is 0.857. The van der Waals surface area contributed by atoms with Crippen molar-refractivity contribution in [2.75, 3.05) is 0 Å². The van der Waals surface area contributed by atoms with Crippen LogP contribution in [0.1, 0.15) is 33.6 Å². The van der Waals surface area contributed by atoms with E-state index < -0.39 is 5.54 Å². The molecule has 0 aromatic heterocycles. The molecule has 0 aliphatic carbocycles. The molecule has 0 amide bonds. The van der Waals surface area contributed by atoms with E-state index in [1.807, 2.05) is 13.8 Å². The van der Waals surface area contributed by atoms with Gasteiger partial charge in [0.05, 0.1) is 5.54 Å². The second kappa shape index (κ2) is 2.97. The molecule has 0 saturated carbocycles. The molecule has 0 atom stereocenters. The zero-order valence-electron chi connectivity index (χ0n) is 6.40. The summed E-state index contributed by atoms with van der Waals surface area (Å²) in [6.07, 6.45) is 1.47. The van der Waals surface area contributed by atoms with E-state index in [1.165, 1.54) is 0 Å². The quantitative estimate of drug-likeness (QED) is 0.620. The van der Waals surface area contributed by atoms with E-state index in [0.717, 1.165) is 12.8 Å². The largest absolute Gasteiger partial charge is 0.319 e. The van der Waals surface area contributed by atoms with Gasteiger partial charge in [-0.15, -0.1) is 0 Å². The highest BCUT2D eigenvalue weighted by Gasteiger charge is 2.25. The van der Waals surface area contributed by atoms with Crippen LogP contribution in [0.3, 0.4) is 0 Å². The van der Waals surface area contributed by atoms with Crippen molar-refractivity contribution in [1.29, 1.82) is 0 Å². The molecule has 2 N–H and O–H groups in total. The fourth-order valence-corrected chi connectivity index (χ4v) is 0.748. The molecule has 0 spiro atoms. The Morgan fingerprint density at radius 1 is 1.44 bits per heavy atom. The van der Waals surface area contributed by atoms with E-state index in [9.17, 15) is 4.79 Å². The van der Waals surface area contributed by atoms with Crippen LogP contribution in [-0.4, -0.2) is 11.3 Å². The van der Waals surface area contributed by atoms with Gasteiger partial charge in [-0.05, 0) is 19.8 Å². The summed E-state index contributed by atoms with van der Waals surface area (Å²) in [5.41, 5.74) is 5.13. The second-order valence-electron chi connectivity index (χ2n) is 2.42. The average molecular weight is 129 g/mol. The van der Waals surface area contributed by atoms with Crippen molar-refractivity contribution in [3.8, 4) is 0 Å². The molecule has 0 bridgehead atoms. The highest BCUT2D eigenvalue weighted by atomic mass is 16.1. The van der Waals surface area contributed by atoms with Gasteiger partial charge in [0.25, 0.3) is 0 Å². The number of hydrogen-bond acceptors (Lipinski definition) is 2. The summed E-state index contributed by atoms with van der Waals surface area (Å²) in [7, 11) is 0. The summed E-state index contributed by atoms with van der Waals surface area (Å²) in [6.45, 7) is 5.42. The molecule has 2 heteroatoms. The van der Waals surface area contributed by atoms with E-state index in [-0.39, 0.29) is 5.78 Å². The lowest BCUT2D eigenvalue weighted by Gasteiger charge is -2.22. The second-order valence-corrected chi connectivity index (χ2v) is 2.42. The molecule has 0 fully saturated rings. The molecule has 9 heavy (non-hydrogen) atoms. The summed E-state index contributed by atoms with van der Waals surface area (Å²) in [6, 6.07) is 0. The number of Topliss-reactive ketones (excluding diaryl/α,β-unsaturated/α-hetero) is 1. The Balaban J connectivity index is 4.09. The number of nitrogens with two attached hydrogens (primary N) is 1. The van der Waals surface area contributed by atoms with Gasteiger partial charge in [0.2, 0.25) is 0 Å². The highest BCUT2D eigenvalue weighted by Crippen LogP contribution is 2.11. The predicted molar refractivity (Wildman–Crippen MR) is 38.2 cm³/mol. The van der Waals surface area contributed by atoms with Crippen LogP contribution in [0.4, 0.5) is 0 Å². The summed E-state index contributed by atoms with van der Waals surface area (Å²) in [5.74, 6) is 0.0903. The third-order valence-corrected chi connectivity index (χ3v) is 1.96. The number of carbonyl (C=O) groups excluding carboxylic acids is 1. The Hall–Kier alpha value is -0.370. The van der Waals surface area contributed by atoms with Crippen molar-refractivity contribution in [2.45, 2.75) is 39.2 Å². The fourth-order valence-electron chi connectivity index (χ4n) is 0.748. The lowest BCUT2D eigenvalue weighted by Crippen LogP contribution is -2.45. The van der Waals surface area contributed by atoms with Crippen molar-refractivity contribution < 1.29 is 4.79 Å². The lowest BCUT2D eigenvalue weighted by molar-refractivity contribution is -0.122. The predicted octanol–water partition coefficient (Wildman–Crippen LogP) is 1.09. The topological polar surface area (TPSA) is 43.1 Å². The van der Waals surface area contributed by atoms with Crippen LogP contribution < -0.4 is 5.73 Å². The van der Waals surface area contributed by atoms with Crippen LogP contribution in [0.25, 0.3) is 0 Å². The van der Waals surface area contributed by atoms with E-state index in [2.05, 4.69) is 0 Å². The van der Waals surface area contributed by atoms with Gasteiger partial charge in [-0.2, -0.15) is 0 Å². The number of rotatable bonds is 3. The first-order chi connectivity index (χ1) is 4.06. The van der Waals surface area contributed by atoms with Crippen molar-refractivity contribution >= 4 is 5.78 Å². The van der Waals surface area contributed by atoms with E-state index in [1.54, 1.807) is 6.92 Å². The van der Waals surface area contributed by atoms with Gasteiger partial charge in [0.15, 0.2) is 0 Å². The summed E-state index contributed by atoms with van der Waals surface area (Å²) in [4.78, 5) is 10.8. The number of carbonyl (C=O) groups is 1. The SMILES string of the molecule is CCC(N)(CC)C(C)=O. The van der Waals surface area contributed by atoms with E-state index >= 15 is 0 Å². The van der Waals surface area contributed by atoms with E-state index in [0.29, 0.717) is 0 Å². The molecule has 0 heterocycles. The van der Waals surface area contributed by atoms with Gasteiger partial charge in [-0.1, -0.05) is 13.8 Å². The molecule has 2 nitrogen and oxygen atoms in total. The van der Waals surface area contributed by atoms with Gasteiger partial charge in [-0.3, -0.25) is 4.79 Å². The molecule has 0 aliphatic heterocycles. The average Bonchev–Trinajstić information content (AvgIpc) is 1.86. The molecular weight excluding hydrogens is 114 g/mol. The van der Waals surface area contributed by atoms with Gasteiger partial charge in [0.1, 0.15) is 5.78 Å². The molecule has 0 rings (SSSR count). The zero-order valence-corrected chi connectivity index (χ0v) is 6.40. The molecule has 0 aromatic rings. The molecular formula is C7H15NO. The van der Waals surface area contributed by atoms with Gasteiger partial charge in [0, 0.05) is 0 Å². The van der Waals surface area contributed by atoms with Crippen LogP contribution in [0.2, 0.25) is 0 Å². The van der Waals surface area contributed by atoms with Crippen LogP contribution in [0.5, 0.6) is 0 Å². The molecule has 0 saturated heterocycles. The van der Waals surface area contributed by atoms with Crippen LogP contribution >= 0.6 is 0 Å². The highest BCUT2D eigenvalue weighted by molar-refractivity contribution is 5.85. The summed E-state index contributed by atoms with van der Waals surface area (Å²) >= 11 is 0. The maximum absolute atomic E-state index is 10.8. The maximum Gasteiger partial charge on any atom is 0.149 e. The zero-order chi connectivity index (χ0) is 7.49. The number of hydrogen-bond donors (Lipinski definition) is 1. The Bertz CT molecular complexity index is 105.